The molecule has 0 saturated heterocycles. The zero-order valence-corrected chi connectivity index (χ0v) is 16.2. The van der Waals surface area contributed by atoms with Gasteiger partial charge < -0.3 is 20.5 Å². The second kappa shape index (κ2) is 10.2. The Kier molecular flexibility index (Phi) is 7.64. The molecule has 0 unspecified atom stereocenters. The van der Waals surface area contributed by atoms with E-state index in [9.17, 15) is 19.2 Å². The van der Waals surface area contributed by atoms with Crippen molar-refractivity contribution in [1.82, 2.24) is 10.3 Å². The lowest BCUT2D eigenvalue weighted by Crippen LogP contribution is -2.52. The summed E-state index contributed by atoms with van der Waals surface area (Å²) < 4.78 is 9.81. The van der Waals surface area contributed by atoms with Crippen molar-refractivity contribution < 1.29 is 28.7 Å². The maximum Gasteiger partial charge on any atom is 0.312 e. The first-order valence-corrected chi connectivity index (χ1v) is 9.15. The zero-order valence-electron chi connectivity index (χ0n) is 16.2. The summed E-state index contributed by atoms with van der Waals surface area (Å²) in [5.41, 5.74) is 6.27. The van der Waals surface area contributed by atoms with E-state index in [1.165, 1.54) is 12.3 Å². The smallest absolute Gasteiger partial charge is 0.312 e. The number of hydrogen-bond acceptors (Lipinski definition) is 7. The van der Waals surface area contributed by atoms with Gasteiger partial charge >= 0.3 is 11.9 Å². The lowest BCUT2D eigenvalue weighted by Gasteiger charge is -2.23. The third-order valence-electron chi connectivity index (χ3n) is 4.17. The molecule has 2 amide bonds. The fourth-order valence-electron chi connectivity index (χ4n) is 2.87. The van der Waals surface area contributed by atoms with Gasteiger partial charge in [0.1, 0.15) is 6.04 Å². The molecule has 0 fully saturated rings. The summed E-state index contributed by atoms with van der Waals surface area (Å²) in [6, 6.07) is 6.99. The van der Waals surface area contributed by atoms with Gasteiger partial charge in [0.05, 0.1) is 36.6 Å². The summed E-state index contributed by atoms with van der Waals surface area (Å²) in [4.78, 5) is 53.4. The molecular formula is C20H23N3O6. The highest BCUT2D eigenvalue weighted by atomic mass is 16.5. The molecule has 0 aliphatic rings. The van der Waals surface area contributed by atoms with Crippen LogP contribution in [0.5, 0.6) is 0 Å². The number of fused-ring (bicyclic) bond motifs is 1. The van der Waals surface area contributed by atoms with Gasteiger partial charge in [-0.1, -0.05) is 18.2 Å². The SMILES string of the molecule is CCOC(=O)C[C@@H](C(=O)OCC)[C@@H](NC(=O)c1ccnc2ccccc12)C(N)=O. The summed E-state index contributed by atoms with van der Waals surface area (Å²) >= 11 is 0. The Morgan fingerprint density at radius 3 is 2.41 bits per heavy atom. The van der Waals surface area contributed by atoms with Crippen LogP contribution >= 0.6 is 0 Å². The number of amides is 2. The quantitative estimate of drug-likeness (QED) is 0.597. The number of hydrogen-bond donors (Lipinski definition) is 2. The Hall–Kier alpha value is -3.49. The molecule has 0 aliphatic carbocycles. The molecule has 0 bridgehead atoms. The standard InChI is InChI=1S/C20H23N3O6/c1-3-28-16(24)11-14(20(27)29-4-2)17(18(21)25)23-19(26)13-9-10-22-15-8-6-5-7-12(13)15/h5-10,14,17H,3-4,11H2,1-2H3,(H2,21,25)(H,23,26)/t14-,17-/m1/s1. The summed E-state index contributed by atoms with van der Waals surface area (Å²) in [5.74, 6) is -4.46. The lowest BCUT2D eigenvalue weighted by molar-refractivity contribution is -0.156. The zero-order chi connectivity index (χ0) is 21.4. The number of carbonyl (C=O) groups is 4. The van der Waals surface area contributed by atoms with Gasteiger partial charge in [0, 0.05) is 11.6 Å². The highest BCUT2D eigenvalue weighted by Gasteiger charge is 2.37. The Labute approximate surface area is 167 Å². The van der Waals surface area contributed by atoms with Gasteiger partial charge in [-0.15, -0.1) is 0 Å². The molecule has 2 atom stereocenters. The van der Waals surface area contributed by atoms with E-state index in [1.54, 1.807) is 38.1 Å². The number of ether oxygens (including phenoxy) is 2. The maximum atomic E-state index is 12.9. The predicted octanol–water partition coefficient (Wildman–Crippen LogP) is 0.951. The molecule has 9 nitrogen and oxygen atoms in total. The first-order chi connectivity index (χ1) is 13.9. The highest BCUT2D eigenvalue weighted by Crippen LogP contribution is 2.18. The third-order valence-corrected chi connectivity index (χ3v) is 4.17. The predicted molar refractivity (Wildman–Crippen MR) is 104 cm³/mol. The molecule has 0 aliphatic heterocycles. The molecule has 0 radical (unpaired) electrons. The number of pyridine rings is 1. The van der Waals surface area contributed by atoms with Gasteiger partial charge in [0.2, 0.25) is 5.91 Å². The van der Waals surface area contributed by atoms with Crippen molar-refractivity contribution in [1.29, 1.82) is 0 Å². The Morgan fingerprint density at radius 2 is 1.76 bits per heavy atom. The summed E-state index contributed by atoms with van der Waals surface area (Å²) in [6.07, 6.45) is 0.996. The van der Waals surface area contributed by atoms with E-state index in [1.807, 2.05) is 0 Å². The largest absolute Gasteiger partial charge is 0.466 e. The van der Waals surface area contributed by atoms with E-state index in [4.69, 9.17) is 15.2 Å². The molecular weight excluding hydrogens is 378 g/mol. The van der Waals surface area contributed by atoms with Crippen molar-refractivity contribution in [2.24, 2.45) is 11.7 Å². The summed E-state index contributed by atoms with van der Waals surface area (Å²) in [7, 11) is 0. The number of esters is 2. The minimum Gasteiger partial charge on any atom is -0.466 e. The van der Waals surface area contributed by atoms with Crippen molar-refractivity contribution in [2.45, 2.75) is 26.3 Å². The fourth-order valence-corrected chi connectivity index (χ4v) is 2.87. The van der Waals surface area contributed by atoms with Crippen molar-refractivity contribution in [3.63, 3.8) is 0 Å². The molecule has 2 aromatic rings. The molecule has 1 aromatic heterocycles. The molecule has 9 heteroatoms. The number of carbonyl (C=O) groups excluding carboxylic acids is 4. The van der Waals surface area contributed by atoms with E-state index in [0.717, 1.165) is 0 Å². The molecule has 1 heterocycles. The van der Waals surface area contributed by atoms with Crippen LogP contribution in [-0.2, 0) is 23.9 Å². The van der Waals surface area contributed by atoms with Crippen molar-refractivity contribution in [2.75, 3.05) is 13.2 Å². The number of nitrogens with zero attached hydrogens (tertiary/aromatic N) is 1. The van der Waals surface area contributed by atoms with Crippen LogP contribution in [0, 0.1) is 5.92 Å². The van der Waals surface area contributed by atoms with Crippen LogP contribution in [0.3, 0.4) is 0 Å². The Balaban J connectivity index is 2.33. The number of primary amides is 1. The van der Waals surface area contributed by atoms with Crippen molar-refractivity contribution in [3.05, 3.63) is 42.1 Å². The van der Waals surface area contributed by atoms with Crippen LogP contribution in [0.25, 0.3) is 10.9 Å². The fraction of sp³-hybridized carbons (Fsp3) is 0.350. The minimum atomic E-state index is -1.46. The molecule has 0 saturated carbocycles. The van der Waals surface area contributed by atoms with Crippen LogP contribution in [0.15, 0.2) is 36.5 Å². The second-order valence-electron chi connectivity index (χ2n) is 6.10. The number of rotatable bonds is 9. The van der Waals surface area contributed by atoms with Gasteiger partial charge in [0.15, 0.2) is 0 Å². The van der Waals surface area contributed by atoms with Gasteiger partial charge in [-0.25, -0.2) is 0 Å². The van der Waals surface area contributed by atoms with Crippen LogP contribution in [0.4, 0.5) is 0 Å². The Bertz CT molecular complexity index is 909. The molecule has 0 spiro atoms. The lowest BCUT2D eigenvalue weighted by atomic mass is 9.94. The molecule has 2 rings (SSSR count). The van der Waals surface area contributed by atoms with Crippen LogP contribution in [-0.4, -0.2) is 48.0 Å². The topological polar surface area (TPSA) is 138 Å². The number of benzene rings is 1. The van der Waals surface area contributed by atoms with Crippen LogP contribution < -0.4 is 11.1 Å². The maximum absolute atomic E-state index is 12.9. The monoisotopic (exact) mass is 401 g/mol. The molecule has 154 valence electrons. The highest BCUT2D eigenvalue weighted by molar-refractivity contribution is 6.07. The van der Waals surface area contributed by atoms with Gasteiger partial charge in [-0.2, -0.15) is 0 Å². The Morgan fingerprint density at radius 1 is 1.07 bits per heavy atom. The van der Waals surface area contributed by atoms with Crippen molar-refractivity contribution >= 4 is 34.7 Å². The van der Waals surface area contributed by atoms with E-state index >= 15 is 0 Å². The first-order valence-electron chi connectivity index (χ1n) is 9.15. The first kappa shape index (κ1) is 21.8. The average molecular weight is 401 g/mol. The van der Waals surface area contributed by atoms with Gasteiger partial charge in [-0.05, 0) is 26.0 Å². The molecule has 1 aromatic carbocycles. The second-order valence-corrected chi connectivity index (χ2v) is 6.10. The van der Waals surface area contributed by atoms with Crippen LogP contribution in [0.2, 0.25) is 0 Å². The van der Waals surface area contributed by atoms with Crippen molar-refractivity contribution in [3.8, 4) is 0 Å². The number of aromatic nitrogens is 1. The third kappa shape index (κ3) is 5.50. The van der Waals surface area contributed by atoms with E-state index in [2.05, 4.69) is 10.3 Å². The number of nitrogens with two attached hydrogens (primary N) is 1. The van der Waals surface area contributed by atoms with E-state index < -0.39 is 42.1 Å². The van der Waals surface area contributed by atoms with Gasteiger partial charge in [0.25, 0.3) is 5.91 Å². The van der Waals surface area contributed by atoms with Gasteiger partial charge in [-0.3, -0.25) is 24.2 Å². The van der Waals surface area contributed by atoms with E-state index in [0.29, 0.717) is 10.9 Å². The number of para-hydroxylation sites is 1. The average Bonchev–Trinajstić information content (AvgIpc) is 2.70. The number of nitrogens with one attached hydrogen (secondary N) is 1. The summed E-state index contributed by atoms with van der Waals surface area (Å²) in [5, 5.41) is 3.03. The summed E-state index contributed by atoms with van der Waals surface area (Å²) in [6.45, 7) is 3.33. The minimum absolute atomic E-state index is 0.0343. The van der Waals surface area contributed by atoms with E-state index in [-0.39, 0.29) is 18.8 Å². The van der Waals surface area contributed by atoms with Crippen LogP contribution in [0.1, 0.15) is 30.6 Å². The normalized spacial score (nSPS) is 12.6. The molecule has 29 heavy (non-hydrogen) atoms. The molecule has 3 N–H and O–H groups in total.